The van der Waals surface area contributed by atoms with E-state index >= 15 is 0 Å². The molecule has 0 aromatic rings. The maximum absolute atomic E-state index is 8.43. The molecule has 0 aliphatic rings. The van der Waals surface area contributed by atoms with Crippen molar-refractivity contribution >= 4 is 10.1 Å². The Balaban J connectivity index is 0. The minimum atomic E-state index is -0.324. The molecule has 0 aromatic carbocycles. The van der Waals surface area contributed by atoms with Crippen LogP contribution in [0.2, 0.25) is 0 Å². The van der Waals surface area contributed by atoms with Crippen molar-refractivity contribution in [2.45, 2.75) is 13.0 Å². The average Bonchev–Trinajstić information content (AvgIpc) is 1.35. The summed E-state index contributed by atoms with van der Waals surface area (Å²) in [5.74, 6) is 0. The Morgan fingerprint density at radius 1 is 1.71 bits per heavy atom. The summed E-state index contributed by atoms with van der Waals surface area (Å²) in [7, 11) is 1.56. The van der Waals surface area contributed by atoms with E-state index in [-0.39, 0.29) is 16.2 Å². The van der Waals surface area contributed by atoms with Crippen molar-refractivity contribution in [3.05, 3.63) is 0 Å². The molecule has 0 fully saturated rings. The van der Waals surface area contributed by atoms with E-state index in [1.807, 2.05) is 0 Å². The van der Waals surface area contributed by atoms with E-state index in [4.69, 9.17) is 5.11 Å². The third-order valence-electron chi connectivity index (χ3n) is 0.408. The Labute approximate surface area is 47.7 Å². The Hall–Kier alpha value is 0.0888. The van der Waals surface area contributed by atoms with Gasteiger partial charge in [0.25, 0.3) is 0 Å². The third kappa shape index (κ3) is 10.7. The normalized spacial score (nSPS) is 12.4. The summed E-state index contributed by atoms with van der Waals surface area (Å²) in [6.07, 6.45) is -0.324. The molecule has 0 amide bonds. The SMILES string of the molecule is COCC(C)O.[BeH2]. The molecule has 0 rings (SSSR count). The summed E-state index contributed by atoms with van der Waals surface area (Å²) < 4.78 is 4.55. The van der Waals surface area contributed by atoms with Crippen molar-refractivity contribution in [3.8, 4) is 0 Å². The Bertz CT molecular complexity index is 30.9. The second-order valence-electron chi connectivity index (χ2n) is 1.30. The summed E-state index contributed by atoms with van der Waals surface area (Å²) in [5, 5.41) is 8.43. The zero-order chi connectivity index (χ0) is 4.99. The average molecular weight is 101 g/mol. The molecule has 2 nitrogen and oxygen atoms in total. The molecule has 0 saturated carbocycles. The van der Waals surface area contributed by atoms with E-state index in [1.54, 1.807) is 14.0 Å². The van der Waals surface area contributed by atoms with E-state index in [9.17, 15) is 0 Å². The van der Waals surface area contributed by atoms with Crippen LogP contribution < -0.4 is 0 Å². The van der Waals surface area contributed by atoms with Crippen molar-refractivity contribution in [3.63, 3.8) is 0 Å². The van der Waals surface area contributed by atoms with E-state index in [0.717, 1.165) is 0 Å². The second kappa shape index (κ2) is 6.09. The number of methoxy groups -OCH3 is 1. The van der Waals surface area contributed by atoms with Gasteiger partial charge in [-0.05, 0) is 6.92 Å². The molecular formula is C4H12BeO2. The summed E-state index contributed by atoms with van der Waals surface area (Å²) in [4.78, 5) is 0. The van der Waals surface area contributed by atoms with Crippen molar-refractivity contribution in [1.29, 1.82) is 0 Å². The molecular weight excluding hydrogens is 89.1 g/mol. The molecule has 1 unspecified atom stereocenters. The summed E-state index contributed by atoms with van der Waals surface area (Å²) >= 11 is 0. The van der Waals surface area contributed by atoms with Crippen LogP contribution in [0, 0.1) is 0 Å². The van der Waals surface area contributed by atoms with Gasteiger partial charge in [-0.15, -0.1) is 0 Å². The number of aliphatic hydroxyl groups is 1. The fourth-order valence-corrected chi connectivity index (χ4v) is 0.241. The first-order chi connectivity index (χ1) is 2.77. The first kappa shape index (κ1) is 10.1. The van der Waals surface area contributed by atoms with Crippen LogP contribution in [0.25, 0.3) is 0 Å². The van der Waals surface area contributed by atoms with E-state index in [1.165, 1.54) is 0 Å². The second-order valence-corrected chi connectivity index (χ2v) is 1.30. The van der Waals surface area contributed by atoms with E-state index in [0.29, 0.717) is 6.61 Å². The molecule has 42 valence electrons. The molecule has 0 bridgehead atoms. The summed E-state index contributed by atoms with van der Waals surface area (Å²) in [6, 6.07) is 0. The predicted molar refractivity (Wildman–Crippen MR) is 32.1 cm³/mol. The molecule has 0 aliphatic carbocycles. The van der Waals surface area contributed by atoms with Gasteiger partial charge in [0.05, 0.1) is 12.7 Å². The first-order valence-corrected chi connectivity index (χ1v) is 1.94. The van der Waals surface area contributed by atoms with Crippen LogP contribution in [0.3, 0.4) is 0 Å². The zero-order valence-corrected chi connectivity index (χ0v) is 4.14. The van der Waals surface area contributed by atoms with Gasteiger partial charge in [-0.3, -0.25) is 0 Å². The molecule has 0 aromatic heterocycles. The molecule has 0 saturated heterocycles. The van der Waals surface area contributed by atoms with Crippen molar-refractivity contribution in [2.75, 3.05) is 13.7 Å². The molecule has 0 spiro atoms. The molecule has 0 radical (unpaired) electrons. The van der Waals surface area contributed by atoms with E-state index < -0.39 is 0 Å². The zero-order valence-electron chi connectivity index (χ0n) is 4.14. The van der Waals surface area contributed by atoms with Gasteiger partial charge in [-0.1, -0.05) is 0 Å². The molecule has 1 N–H and O–H groups in total. The summed E-state index contributed by atoms with van der Waals surface area (Å²) in [5.41, 5.74) is 0. The van der Waals surface area contributed by atoms with Crippen molar-refractivity contribution in [2.24, 2.45) is 0 Å². The van der Waals surface area contributed by atoms with Crippen molar-refractivity contribution < 1.29 is 9.84 Å². The van der Waals surface area contributed by atoms with Gasteiger partial charge in [0.2, 0.25) is 0 Å². The number of rotatable bonds is 2. The number of aliphatic hydroxyl groups excluding tert-OH is 1. The van der Waals surface area contributed by atoms with Gasteiger partial charge in [0.1, 0.15) is 0 Å². The van der Waals surface area contributed by atoms with Gasteiger partial charge >= 0.3 is 10.1 Å². The van der Waals surface area contributed by atoms with E-state index in [2.05, 4.69) is 4.74 Å². The van der Waals surface area contributed by atoms with Crippen LogP contribution in [-0.4, -0.2) is 35.0 Å². The van der Waals surface area contributed by atoms with Crippen LogP contribution in [0.1, 0.15) is 6.92 Å². The minimum absolute atomic E-state index is 0. The van der Waals surface area contributed by atoms with Gasteiger partial charge < -0.3 is 9.84 Å². The fraction of sp³-hybridized carbons (Fsp3) is 1.00. The Morgan fingerprint density at radius 2 is 2.14 bits per heavy atom. The number of hydrogen-bond donors (Lipinski definition) is 1. The quantitative estimate of drug-likeness (QED) is 0.457. The van der Waals surface area contributed by atoms with Crippen LogP contribution in [0.4, 0.5) is 0 Å². The van der Waals surface area contributed by atoms with Gasteiger partial charge in [0, 0.05) is 7.11 Å². The predicted octanol–water partition coefficient (Wildman–Crippen LogP) is -0.903. The molecule has 7 heavy (non-hydrogen) atoms. The van der Waals surface area contributed by atoms with Crippen molar-refractivity contribution in [1.82, 2.24) is 0 Å². The third-order valence-corrected chi connectivity index (χ3v) is 0.408. The van der Waals surface area contributed by atoms with Crippen LogP contribution in [0.15, 0.2) is 0 Å². The monoisotopic (exact) mass is 101 g/mol. The Kier molecular flexibility index (Phi) is 8.83. The van der Waals surface area contributed by atoms with Crippen LogP contribution >= 0.6 is 0 Å². The number of hydrogen-bond acceptors (Lipinski definition) is 2. The standard InChI is InChI=1S/C4H10O2.Be.2H/c1-4(5)3-6-2;;;/h4-5H,3H2,1-2H3;;;. The fourth-order valence-electron chi connectivity index (χ4n) is 0.241. The topological polar surface area (TPSA) is 29.5 Å². The number of ether oxygens (including phenoxy) is 1. The van der Waals surface area contributed by atoms with Gasteiger partial charge in [-0.25, -0.2) is 0 Å². The van der Waals surface area contributed by atoms with Gasteiger partial charge in [0.15, 0.2) is 0 Å². The van der Waals surface area contributed by atoms with Gasteiger partial charge in [-0.2, -0.15) is 0 Å². The van der Waals surface area contributed by atoms with Crippen LogP contribution in [-0.2, 0) is 4.74 Å². The first-order valence-electron chi connectivity index (χ1n) is 1.94. The maximum atomic E-state index is 8.43. The van der Waals surface area contributed by atoms with Crippen LogP contribution in [0.5, 0.6) is 0 Å². The molecule has 3 heteroatoms. The summed E-state index contributed by atoms with van der Waals surface area (Å²) in [6.45, 7) is 2.11. The molecule has 0 heterocycles. The Morgan fingerprint density at radius 3 is 2.14 bits per heavy atom. The molecule has 1 atom stereocenters. The molecule has 0 aliphatic heterocycles.